The van der Waals surface area contributed by atoms with Crippen LogP contribution in [0.4, 0.5) is 0 Å². The zero-order valence-electron chi connectivity index (χ0n) is 12.6. The fraction of sp³-hybridized carbons (Fsp3) is 0.471. The molecule has 21 heavy (non-hydrogen) atoms. The molecule has 1 amide bonds. The lowest BCUT2D eigenvalue weighted by molar-refractivity contribution is -0.143. The van der Waals surface area contributed by atoms with Gasteiger partial charge >= 0.3 is 0 Å². The van der Waals surface area contributed by atoms with Crippen molar-refractivity contribution in [2.75, 3.05) is 13.2 Å². The second-order valence-electron chi connectivity index (χ2n) is 5.79. The average Bonchev–Trinajstić information content (AvgIpc) is 2.90. The minimum atomic E-state index is 0.125. The van der Waals surface area contributed by atoms with Crippen LogP contribution in [0.25, 0.3) is 10.9 Å². The third-order valence-electron chi connectivity index (χ3n) is 4.28. The number of morpholine rings is 1. The summed E-state index contributed by atoms with van der Waals surface area (Å²) in [6.45, 7) is 5.48. The van der Waals surface area contributed by atoms with E-state index in [9.17, 15) is 4.79 Å². The van der Waals surface area contributed by atoms with Gasteiger partial charge in [0.25, 0.3) is 0 Å². The molecule has 2 heterocycles. The van der Waals surface area contributed by atoms with Crippen LogP contribution in [0.5, 0.6) is 0 Å². The largest absolute Gasteiger partial charge is 0.375 e. The predicted molar refractivity (Wildman–Crippen MR) is 83.2 cm³/mol. The zero-order chi connectivity index (χ0) is 14.8. The number of ether oxygens (including phenoxy) is 1. The molecule has 1 aromatic carbocycles. The maximum Gasteiger partial charge on any atom is 0.227 e. The monoisotopic (exact) mass is 286 g/mol. The van der Waals surface area contributed by atoms with Crippen LogP contribution in [0.15, 0.2) is 30.5 Å². The molecule has 1 aliphatic heterocycles. The van der Waals surface area contributed by atoms with E-state index in [4.69, 9.17) is 4.74 Å². The van der Waals surface area contributed by atoms with Gasteiger partial charge in [-0.25, -0.2) is 0 Å². The molecule has 2 atom stereocenters. The third kappa shape index (κ3) is 2.81. The summed E-state index contributed by atoms with van der Waals surface area (Å²) in [7, 11) is 0. The van der Waals surface area contributed by atoms with Gasteiger partial charge in [-0.15, -0.1) is 0 Å². The van der Waals surface area contributed by atoms with Gasteiger partial charge in [-0.05, 0) is 25.0 Å². The summed E-state index contributed by atoms with van der Waals surface area (Å²) < 4.78 is 5.67. The van der Waals surface area contributed by atoms with Gasteiger partial charge in [0.15, 0.2) is 0 Å². The molecule has 0 spiro atoms. The molecule has 0 aliphatic carbocycles. The van der Waals surface area contributed by atoms with Crippen molar-refractivity contribution in [3.63, 3.8) is 0 Å². The quantitative estimate of drug-likeness (QED) is 0.943. The highest BCUT2D eigenvalue weighted by molar-refractivity contribution is 5.89. The third-order valence-corrected chi connectivity index (χ3v) is 4.28. The predicted octanol–water partition coefficient (Wildman–Crippen LogP) is 2.74. The number of para-hydroxylation sites is 1. The number of carbonyl (C=O) groups excluding carboxylic acids is 1. The normalized spacial score (nSPS) is 22.7. The second-order valence-corrected chi connectivity index (χ2v) is 5.79. The van der Waals surface area contributed by atoms with E-state index in [0.29, 0.717) is 19.6 Å². The summed E-state index contributed by atoms with van der Waals surface area (Å²) in [5.74, 6) is 0.196. The van der Waals surface area contributed by atoms with E-state index < -0.39 is 0 Å². The Hall–Kier alpha value is -1.81. The Balaban J connectivity index is 1.78. The Morgan fingerprint density at radius 3 is 3.05 bits per heavy atom. The van der Waals surface area contributed by atoms with Gasteiger partial charge in [0.05, 0.1) is 25.2 Å². The summed E-state index contributed by atoms with van der Waals surface area (Å²) in [5, 5.41) is 1.14. The fourth-order valence-corrected chi connectivity index (χ4v) is 3.03. The van der Waals surface area contributed by atoms with Crippen LogP contribution < -0.4 is 0 Å². The lowest BCUT2D eigenvalue weighted by atomic mass is 10.1. The molecule has 1 N–H and O–H groups in total. The molecule has 4 heteroatoms. The van der Waals surface area contributed by atoms with Crippen LogP contribution >= 0.6 is 0 Å². The molecule has 4 nitrogen and oxygen atoms in total. The first-order chi connectivity index (χ1) is 10.2. The Morgan fingerprint density at radius 1 is 1.43 bits per heavy atom. The molecule has 112 valence electrons. The van der Waals surface area contributed by atoms with Gasteiger partial charge in [-0.3, -0.25) is 4.79 Å². The number of hydrogen-bond donors (Lipinski definition) is 1. The van der Waals surface area contributed by atoms with Gasteiger partial charge in [0.2, 0.25) is 5.91 Å². The minimum absolute atomic E-state index is 0.125. The molecule has 1 saturated heterocycles. The summed E-state index contributed by atoms with van der Waals surface area (Å²) in [6.07, 6.45) is 3.46. The molecule has 1 aromatic heterocycles. The lowest BCUT2D eigenvalue weighted by Crippen LogP contribution is -2.51. The van der Waals surface area contributed by atoms with Crippen LogP contribution in [-0.4, -0.2) is 41.1 Å². The van der Waals surface area contributed by atoms with E-state index in [1.807, 2.05) is 36.2 Å². The van der Waals surface area contributed by atoms with Gasteiger partial charge < -0.3 is 14.6 Å². The molecule has 2 aromatic rings. The Labute approximate surface area is 125 Å². The van der Waals surface area contributed by atoms with Crippen molar-refractivity contribution in [2.24, 2.45) is 0 Å². The molecule has 2 unspecified atom stereocenters. The number of H-pyrrole nitrogens is 1. The maximum atomic E-state index is 12.7. The first kappa shape index (κ1) is 14.1. The standard InChI is InChI=1S/C17H22N2O2/c1-3-14-11-21-12(2)10-19(14)17(20)8-13-9-18-16-7-5-4-6-15(13)16/h4-7,9,12,14,18H,3,8,10-11H2,1-2H3. The smallest absolute Gasteiger partial charge is 0.227 e. The summed E-state index contributed by atoms with van der Waals surface area (Å²) in [4.78, 5) is 17.9. The van der Waals surface area contributed by atoms with Gasteiger partial charge in [-0.1, -0.05) is 25.1 Å². The first-order valence-electron chi connectivity index (χ1n) is 7.65. The van der Waals surface area contributed by atoms with Crippen LogP contribution in [0, 0.1) is 0 Å². The van der Waals surface area contributed by atoms with E-state index >= 15 is 0 Å². The van der Waals surface area contributed by atoms with Gasteiger partial charge in [0, 0.05) is 23.6 Å². The van der Waals surface area contributed by atoms with Crippen molar-refractivity contribution in [3.8, 4) is 0 Å². The highest BCUT2D eigenvalue weighted by Gasteiger charge is 2.29. The maximum absolute atomic E-state index is 12.7. The van der Waals surface area contributed by atoms with Crippen LogP contribution in [-0.2, 0) is 16.0 Å². The van der Waals surface area contributed by atoms with Crippen molar-refractivity contribution in [1.82, 2.24) is 9.88 Å². The number of hydrogen-bond acceptors (Lipinski definition) is 2. The van der Waals surface area contributed by atoms with Crippen LogP contribution in [0.3, 0.4) is 0 Å². The average molecular weight is 286 g/mol. The van der Waals surface area contributed by atoms with Gasteiger partial charge in [-0.2, -0.15) is 0 Å². The first-order valence-corrected chi connectivity index (χ1v) is 7.65. The SMILES string of the molecule is CCC1COC(C)CN1C(=O)Cc1c[nH]c2ccccc12. The van der Waals surface area contributed by atoms with E-state index in [0.717, 1.165) is 22.9 Å². The van der Waals surface area contributed by atoms with Crippen molar-refractivity contribution in [2.45, 2.75) is 38.8 Å². The summed E-state index contributed by atoms with van der Waals surface area (Å²) in [5.41, 5.74) is 2.16. The second kappa shape index (κ2) is 5.90. The topological polar surface area (TPSA) is 45.3 Å². The number of amides is 1. The number of nitrogens with one attached hydrogen (secondary N) is 1. The van der Waals surface area contributed by atoms with Crippen molar-refractivity contribution < 1.29 is 9.53 Å². The molecule has 1 fully saturated rings. The Bertz CT molecular complexity index is 635. The van der Waals surface area contributed by atoms with Crippen molar-refractivity contribution in [1.29, 1.82) is 0 Å². The number of carbonyl (C=O) groups is 1. The Kier molecular flexibility index (Phi) is 3.97. The number of rotatable bonds is 3. The number of benzene rings is 1. The number of aromatic amines is 1. The van der Waals surface area contributed by atoms with Crippen molar-refractivity contribution in [3.05, 3.63) is 36.0 Å². The summed E-state index contributed by atoms with van der Waals surface area (Å²) >= 11 is 0. The number of aromatic nitrogens is 1. The van der Waals surface area contributed by atoms with E-state index in [1.165, 1.54) is 0 Å². The fourth-order valence-electron chi connectivity index (χ4n) is 3.03. The van der Waals surface area contributed by atoms with Crippen molar-refractivity contribution >= 4 is 16.8 Å². The zero-order valence-corrected chi connectivity index (χ0v) is 12.6. The molecule has 3 rings (SSSR count). The van der Waals surface area contributed by atoms with Crippen LogP contribution in [0.2, 0.25) is 0 Å². The Morgan fingerprint density at radius 2 is 2.24 bits per heavy atom. The number of fused-ring (bicyclic) bond motifs is 1. The highest BCUT2D eigenvalue weighted by atomic mass is 16.5. The summed E-state index contributed by atoms with van der Waals surface area (Å²) in [6, 6.07) is 8.32. The molecular weight excluding hydrogens is 264 g/mol. The van der Waals surface area contributed by atoms with E-state index in [1.54, 1.807) is 0 Å². The highest BCUT2D eigenvalue weighted by Crippen LogP contribution is 2.21. The number of nitrogens with zero attached hydrogens (tertiary/aromatic N) is 1. The van der Waals surface area contributed by atoms with E-state index in [2.05, 4.69) is 18.0 Å². The molecule has 0 saturated carbocycles. The molecule has 1 aliphatic rings. The lowest BCUT2D eigenvalue weighted by Gasteiger charge is -2.38. The van der Waals surface area contributed by atoms with Gasteiger partial charge in [0.1, 0.15) is 0 Å². The minimum Gasteiger partial charge on any atom is -0.375 e. The molecule has 0 radical (unpaired) electrons. The molecular formula is C17H22N2O2. The molecule has 0 bridgehead atoms. The van der Waals surface area contributed by atoms with Crippen LogP contribution in [0.1, 0.15) is 25.8 Å². The van der Waals surface area contributed by atoms with E-state index in [-0.39, 0.29) is 18.1 Å².